The first-order chi connectivity index (χ1) is 9.20. The Morgan fingerprint density at radius 1 is 1.37 bits per heavy atom. The van der Waals surface area contributed by atoms with Crippen LogP contribution in [0.3, 0.4) is 0 Å². The summed E-state index contributed by atoms with van der Waals surface area (Å²) in [5, 5.41) is 0. The van der Waals surface area contributed by atoms with Gasteiger partial charge in [0.2, 0.25) is 0 Å². The van der Waals surface area contributed by atoms with Crippen molar-refractivity contribution in [3.63, 3.8) is 0 Å². The molecule has 3 atom stereocenters. The summed E-state index contributed by atoms with van der Waals surface area (Å²) in [5.41, 5.74) is 8.04. The van der Waals surface area contributed by atoms with Gasteiger partial charge in [0.25, 0.3) is 0 Å². The first-order valence-electron chi connectivity index (χ1n) is 7.42. The predicted molar refractivity (Wildman–Crippen MR) is 75.4 cm³/mol. The molecule has 1 aromatic rings. The van der Waals surface area contributed by atoms with Gasteiger partial charge in [-0.25, -0.2) is 4.39 Å². The highest BCUT2D eigenvalue weighted by molar-refractivity contribution is 5.35. The zero-order chi connectivity index (χ0) is 13.4. The van der Waals surface area contributed by atoms with Gasteiger partial charge in [-0.2, -0.15) is 0 Å². The fourth-order valence-electron chi connectivity index (χ4n) is 3.73. The van der Waals surface area contributed by atoms with Crippen molar-refractivity contribution >= 4 is 0 Å². The molecule has 1 aliphatic heterocycles. The summed E-state index contributed by atoms with van der Waals surface area (Å²) in [4.78, 5) is 2.53. The summed E-state index contributed by atoms with van der Waals surface area (Å²) in [6.45, 7) is 5.26. The lowest BCUT2D eigenvalue weighted by Gasteiger charge is -2.40. The topological polar surface area (TPSA) is 29.3 Å². The second kappa shape index (κ2) is 5.22. The Bertz CT molecular complexity index is 460. The normalized spacial score (nSPS) is 31.4. The van der Waals surface area contributed by atoms with Gasteiger partial charge in [0, 0.05) is 12.6 Å². The number of rotatable bonds is 2. The highest BCUT2D eigenvalue weighted by Crippen LogP contribution is 2.39. The van der Waals surface area contributed by atoms with E-state index in [2.05, 4.69) is 17.9 Å². The Morgan fingerprint density at radius 2 is 2.21 bits per heavy atom. The lowest BCUT2D eigenvalue weighted by Crippen LogP contribution is -2.43. The van der Waals surface area contributed by atoms with E-state index in [1.807, 2.05) is 6.07 Å². The Labute approximate surface area is 114 Å². The van der Waals surface area contributed by atoms with Crippen molar-refractivity contribution in [3.8, 4) is 0 Å². The lowest BCUT2D eigenvalue weighted by atomic mass is 9.86. The lowest BCUT2D eigenvalue weighted by molar-refractivity contribution is 0.0909. The molecular weight excluding hydrogens is 239 g/mol. The second-order valence-electron chi connectivity index (χ2n) is 6.12. The molecule has 3 heteroatoms. The molecule has 1 aromatic carbocycles. The predicted octanol–water partition coefficient (Wildman–Crippen LogP) is 2.73. The smallest absolute Gasteiger partial charge is 0.126 e. The van der Waals surface area contributed by atoms with Crippen LogP contribution in [-0.4, -0.2) is 24.5 Å². The minimum Gasteiger partial charge on any atom is -0.330 e. The van der Waals surface area contributed by atoms with Gasteiger partial charge in [-0.05, 0) is 61.4 Å². The number of halogens is 1. The quantitative estimate of drug-likeness (QED) is 0.888. The largest absolute Gasteiger partial charge is 0.330 e. The molecule has 0 bridgehead atoms. The summed E-state index contributed by atoms with van der Waals surface area (Å²) < 4.78 is 13.8. The molecule has 0 spiro atoms. The number of hydrogen-bond acceptors (Lipinski definition) is 2. The van der Waals surface area contributed by atoms with Gasteiger partial charge < -0.3 is 5.73 Å². The Balaban J connectivity index is 1.80. The third-order valence-corrected chi connectivity index (χ3v) is 5.07. The van der Waals surface area contributed by atoms with Crippen LogP contribution >= 0.6 is 0 Å². The van der Waals surface area contributed by atoms with E-state index in [1.54, 1.807) is 6.07 Å². The molecule has 2 nitrogen and oxygen atoms in total. The number of fused-ring (bicyclic) bond motifs is 1. The van der Waals surface area contributed by atoms with E-state index >= 15 is 0 Å². The van der Waals surface area contributed by atoms with E-state index in [9.17, 15) is 4.39 Å². The molecule has 104 valence electrons. The van der Waals surface area contributed by atoms with Crippen LogP contribution in [0.5, 0.6) is 0 Å². The molecule has 0 amide bonds. The Morgan fingerprint density at radius 3 is 3.00 bits per heavy atom. The summed E-state index contributed by atoms with van der Waals surface area (Å²) in [6.07, 6.45) is 3.15. The van der Waals surface area contributed by atoms with Crippen molar-refractivity contribution in [3.05, 3.63) is 35.1 Å². The number of piperidine rings is 1. The SMILES string of the molecule is CC1CCN(C2CCc3c(F)cccc32)CC1CN. The molecule has 2 aliphatic rings. The highest BCUT2D eigenvalue weighted by Gasteiger charge is 2.34. The fraction of sp³-hybridized carbons (Fsp3) is 0.625. The number of nitrogens with two attached hydrogens (primary N) is 1. The van der Waals surface area contributed by atoms with E-state index in [-0.39, 0.29) is 5.82 Å². The van der Waals surface area contributed by atoms with Crippen LogP contribution < -0.4 is 5.73 Å². The second-order valence-corrected chi connectivity index (χ2v) is 6.12. The number of likely N-dealkylation sites (tertiary alicyclic amines) is 1. The van der Waals surface area contributed by atoms with Crippen LogP contribution in [0.25, 0.3) is 0 Å². The first kappa shape index (κ1) is 13.1. The maximum Gasteiger partial charge on any atom is 0.126 e. The zero-order valence-corrected chi connectivity index (χ0v) is 11.6. The van der Waals surface area contributed by atoms with Gasteiger partial charge >= 0.3 is 0 Å². The first-order valence-corrected chi connectivity index (χ1v) is 7.42. The number of hydrogen-bond donors (Lipinski definition) is 1. The maximum absolute atomic E-state index is 13.8. The molecule has 19 heavy (non-hydrogen) atoms. The highest BCUT2D eigenvalue weighted by atomic mass is 19.1. The van der Waals surface area contributed by atoms with Crippen molar-refractivity contribution in [1.82, 2.24) is 4.90 Å². The summed E-state index contributed by atoms with van der Waals surface area (Å²) >= 11 is 0. The van der Waals surface area contributed by atoms with Crippen molar-refractivity contribution in [2.24, 2.45) is 17.6 Å². The van der Waals surface area contributed by atoms with Crippen LogP contribution in [0.2, 0.25) is 0 Å². The molecule has 2 N–H and O–H groups in total. The van der Waals surface area contributed by atoms with Crippen LogP contribution in [0.15, 0.2) is 18.2 Å². The van der Waals surface area contributed by atoms with Crippen LogP contribution in [0, 0.1) is 17.7 Å². The van der Waals surface area contributed by atoms with Crippen molar-refractivity contribution in [1.29, 1.82) is 0 Å². The van der Waals surface area contributed by atoms with E-state index in [4.69, 9.17) is 5.73 Å². The minimum atomic E-state index is -0.0271. The van der Waals surface area contributed by atoms with Crippen molar-refractivity contribution in [2.75, 3.05) is 19.6 Å². The number of nitrogens with zero attached hydrogens (tertiary/aromatic N) is 1. The molecule has 0 saturated carbocycles. The molecule has 3 unspecified atom stereocenters. The van der Waals surface area contributed by atoms with Crippen LogP contribution in [-0.2, 0) is 6.42 Å². The van der Waals surface area contributed by atoms with Crippen molar-refractivity contribution < 1.29 is 4.39 Å². The molecule has 0 radical (unpaired) electrons. The summed E-state index contributed by atoms with van der Waals surface area (Å²) in [7, 11) is 0. The molecule has 1 saturated heterocycles. The average Bonchev–Trinajstić information content (AvgIpc) is 2.85. The standard InChI is InChI=1S/C16H23FN2/c1-11-7-8-19(10-12(11)9-18)16-6-5-13-14(16)3-2-4-15(13)17/h2-4,11-12,16H,5-10,18H2,1H3. The molecule has 1 heterocycles. The zero-order valence-electron chi connectivity index (χ0n) is 11.6. The van der Waals surface area contributed by atoms with E-state index in [0.29, 0.717) is 12.0 Å². The monoisotopic (exact) mass is 262 g/mol. The van der Waals surface area contributed by atoms with Crippen molar-refractivity contribution in [2.45, 2.75) is 32.2 Å². The van der Waals surface area contributed by atoms with Gasteiger partial charge in [-0.3, -0.25) is 4.90 Å². The molecule has 3 rings (SSSR count). The molecule has 1 aliphatic carbocycles. The third-order valence-electron chi connectivity index (χ3n) is 5.07. The van der Waals surface area contributed by atoms with Gasteiger partial charge in [0.15, 0.2) is 0 Å². The molecule has 0 aromatic heterocycles. The Kier molecular flexibility index (Phi) is 3.59. The van der Waals surface area contributed by atoms with E-state index in [0.717, 1.165) is 44.0 Å². The van der Waals surface area contributed by atoms with Crippen LogP contribution in [0.4, 0.5) is 4.39 Å². The Hall–Kier alpha value is -0.930. The van der Waals surface area contributed by atoms with Gasteiger partial charge in [0.1, 0.15) is 5.82 Å². The minimum absolute atomic E-state index is 0.0271. The molecule has 1 fully saturated rings. The molecular formula is C16H23FN2. The van der Waals surface area contributed by atoms with E-state index < -0.39 is 0 Å². The van der Waals surface area contributed by atoms with Crippen LogP contribution in [0.1, 0.15) is 36.9 Å². The summed E-state index contributed by atoms with van der Waals surface area (Å²) in [5.74, 6) is 1.28. The van der Waals surface area contributed by atoms with Gasteiger partial charge in [-0.1, -0.05) is 19.1 Å². The van der Waals surface area contributed by atoms with Gasteiger partial charge in [0.05, 0.1) is 0 Å². The average molecular weight is 262 g/mol. The number of benzene rings is 1. The fourth-order valence-corrected chi connectivity index (χ4v) is 3.73. The third kappa shape index (κ3) is 2.30. The van der Waals surface area contributed by atoms with E-state index in [1.165, 1.54) is 12.0 Å². The van der Waals surface area contributed by atoms with Gasteiger partial charge in [-0.15, -0.1) is 0 Å². The maximum atomic E-state index is 13.8. The summed E-state index contributed by atoms with van der Waals surface area (Å²) in [6, 6.07) is 5.94.